The minimum Gasteiger partial charge on any atom is -0.491 e. The highest BCUT2D eigenvalue weighted by molar-refractivity contribution is 6.11. The largest absolute Gasteiger partial charge is 0.491 e. The summed E-state index contributed by atoms with van der Waals surface area (Å²) in [5.74, 6) is 2.67. The Hall–Kier alpha value is -3.51. The number of carbonyl (C=O) groups is 2. The second-order valence-electron chi connectivity index (χ2n) is 6.32. The van der Waals surface area contributed by atoms with Crippen molar-refractivity contribution in [2.24, 2.45) is 10.7 Å². The quantitative estimate of drug-likeness (QED) is 0.414. The molecule has 148 valence electrons. The van der Waals surface area contributed by atoms with Crippen molar-refractivity contribution in [3.8, 4) is 17.7 Å². The lowest BCUT2D eigenvalue weighted by Crippen LogP contribution is -2.33. The zero-order valence-electron chi connectivity index (χ0n) is 16.1. The molecule has 0 atom stereocenters. The molecule has 0 radical (unpaired) electrons. The zero-order chi connectivity index (χ0) is 20.5. The van der Waals surface area contributed by atoms with Crippen LogP contribution in [0.1, 0.15) is 23.7 Å². The van der Waals surface area contributed by atoms with Crippen LogP contribution in [0.2, 0.25) is 0 Å². The van der Waals surface area contributed by atoms with Crippen LogP contribution in [-0.2, 0) is 0 Å². The Morgan fingerprint density at radius 3 is 2.82 bits per heavy atom. The van der Waals surface area contributed by atoms with E-state index in [1.54, 1.807) is 19.2 Å². The van der Waals surface area contributed by atoms with Gasteiger partial charge in [0.15, 0.2) is 5.84 Å². The highest BCUT2D eigenvalue weighted by Crippen LogP contribution is 2.26. The Kier molecular flexibility index (Phi) is 7.42. The molecule has 0 aromatic heterocycles. The summed E-state index contributed by atoms with van der Waals surface area (Å²) in [4.78, 5) is 29.9. The van der Waals surface area contributed by atoms with Crippen LogP contribution in [0.15, 0.2) is 35.1 Å². The number of amides is 3. The van der Waals surface area contributed by atoms with Crippen molar-refractivity contribution in [1.82, 2.24) is 15.5 Å². The number of nitrogens with one attached hydrogen (secondary N) is 3. The van der Waals surface area contributed by atoms with Crippen LogP contribution in [0.4, 0.5) is 10.5 Å². The molecule has 0 spiro atoms. The molecule has 9 nitrogen and oxygen atoms in total. The number of allylic oxidation sites excluding steroid dienone is 1. The number of nitrogens with zero attached hydrogens (tertiary/aromatic N) is 2. The first-order valence-electron chi connectivity index (χ1n) is 8.66. The molecule has 1 aliphatic heterocycles. The van der Waals surface area contributed by atoms with E-state index in [0.717, 1.165) is 18.7 Å². The maximum atomic E-state index is 12.3. The molecule has 1 aliphatic rings. The number of aliphatic imine (C=N–C) groups is 1. The average molecular weight is 384 g/mol. The van der Waals surface area contributed by atoms with Crippen LogP contribution in [-0.4, -0.2) is 49.9 Å². The molecule has 9 heteroatoms. The molecule has 1 aromatic carbocycles. The van der Waals surface area contributed by atoms with Crippen molar-refractivity contribution in [1.29, 1.82) is 0 Å². The van der Waals surface area contributed by atoms with Gasteiger partial charge in [0.05, 0.1) is 12.3 Å². The van der Waals surface area contributed by atoms with Gasteiger partial charge in [-0.2, -0.15) is 0 Å². The third-order valence-corrected chi connectivity index (χ3v) is 3.58. The number of primary amides is 1. The van der Waals surface area contributed by atoms with Gasteiger partial charge >= 0.3 is 6.03 Å². The number of nitrogens with two attached hydrogens (primary N) is 1. The maximum Gasteiger partial charge on any atom is 0.325 e. The smallest absolute Gasteiger partial charge is 0.325 e. The minimum absolute atomic E-state index is 0.198. The first-order valence-corrected chi connectivity index (χ1v) is 8.66. The van der Waals surface area contributed by atoms with E-state index < -0.39 is 11.9 Å². The second kappa shape index (κ2) is 9.99. The number of urea groups is 1. The SMILES string of the molecule is CC1=CN=C(NC(=O)Nc2ccc(C(N)=O)cc2OCCCN(C)C)C#CN1. The lowest BCUT2D eigenvalue weighted by molar-refractivity contribution is 0.1000. The third kappa shape index (κ3) is 6.66. The number of carbonyl (C=O) groups excluding carboxylic acids is 2. The van der Waals surface area contributed by atoms with Crippen molar-refractivity contribution >= 4 is 23.5 Å². The molecule has 1 aromatic rings. The summed E-state index contributed by atoms with van der Waals surface area (Å²) >= 11 is 0. The van der Waals surface area contributed by atoms with Gasteiger partial charge in [-0.1, -0.05) is 0 Å². The van der Waals surface area contributed by atoms with Gasteiger partial charge in [0, 0.05) is 30.0 Å². The molecular weight excluding hydrogens is 360 g/mol. The van der Waals surface area contributed by atoms with Crippen molar-refractivity contribution < 1.29 is 14.3 Å². The van der Waals surface area contributed by atoms with Crippen LogP contribution in [0.5, 0.6) is 5.75 Å². The van der Waals surface area contributed by atoms with E-state index in [0.29, 0.717) is 23.6 Å². The molecule has 0 aliphatic carbocycles. The monoisotopic (exact) mass is 384 g/mol. The molecule has 3 amide bonds. The number of anilines is 1. The molecule has 0 unspecified atom stereocenters. The van der Waals surface area contributed by atoms with Crippen LogP contribution >= 0.6 is 0 Å². The molecule has 0 saturated heterocycles. The Morgan fingerprint density at radius 2 is 2.11 bits per heavy atom. The van der Waals surface area contributed by atoms with E-state index in [4.69, 9.17) is 10.5 Å². The lowest BCUT2D eigenvalue weighted by Gasteiger charge is -2.15. The summed E-state index contributed by atoms with van der Waals surface area (Å²) < 4.78 is 5.75. The normalized spacial score (nSPS) is 12.6. The number of hydrogen-bond acceptors (Lipinski definition) is 6. The summed E-state index contributed by atoms with van der Waals surface area (Å²) in [6, 6.07) is 6.72. The van der Waals surface area contributed by atoms with Gasteiger partial charge in [-0.25, -0.2) is 9.79 Å². The van der Waals surface area contributed by atoms with Gasteiger partial charge in [0.2, 0.25) is 5.91 Å². The van der Waals surface area contributed by atoms with E-state index in [1.165, 1.54) is 12.1 Å². The minimum atomic E-state index is -0.577. The van der Waals surface area contributed by atoms with Crippen molar-refractivity contribution in [3.63, 3.8) is 0 Å². The lowest BCUT2D eigenvalue weighted by atomic mass is 10.2. The fourth-order valence-electron chi connectivity index (χ4n) is 2.20. The van der Waals surface area contributed by atoms with Crippen LogP contribution in [0.3, 0.4) is 0 Å². The van der Waals surface area contributed by atoms with Crippen LogP contribution in [0, 0.1) is 12.0 Å². The number of hydrogen-bond donors (Lipinski definition) is 4. The van der Waals surface area contributed by atoms with E-state index in [2.05, 4.69) is 32.9 Å². The van der Waals surface area contributed by atoms with Gasteiger partial charge < -0.3 is 26.0 Å². The molecular formula is C19H24N6O3. The summed E-state index contributed by atoms with van der Waals surface area (Å²) in [6.07, 6.45) is 2.33. The summed E-state index contributed by atoms with van der Waals surface area (Å²) in [7, 11) is 3.94. The first kappa shape index (κ1) is 20.8. The fraction of sp³-hybridized carbons (Fsp3) is 0.316. The standard InChI is InChI=1S/C19H24N6O3/c1-13-12-22-17(7-8-21-13)24-19(27)23-15-6-5-14(18(20)26)11-16(15)28-10-4-9-25(2)3/h5-6,11-12,21H,4,9-10H2,1-3H3,(H2,20,26)(H2,22,23,24,27). The van der Waals surface area contributed by atoms with Gasteiger partial charge in [-0.3, -0.25) is 10.1 Å². The van der Waals surface area contributed by atoms with E-state index in [1.807, 2.05) is 19.0 Å². The van der Waals surface area contributed by atoms with Crippen molar-refractivity contribution in [2.45, 2.75) is 13.3 Å². The Balaban J connectivity index is 2.08. The predicted molar refractivity (Wildman–Crippen MR) is 108 cm³/mol. The first-order chi connectivity index (χ1) is 13.3. The second-order valence-corrected chi connectivity index (χ2v) is 6.32. The summed E-state index contributed by atoms with van der Waals surface area (Å²) in [5, 5.41) is 8.05. The summed E-state index contributed by atoms with van der Waals surface area (Å²) in [5.41, 5.74) is 6.79. The van der Waals surface area contributed by atoms with Gasteiger partial charge in [-0.05, 0) is 51.6 Å². The molecule has 28 heavy (non-hydrogen) atoms. The van der Waals surface area contributed by atoms with Gasteiger partial charge in [0.25, 0.3) is 0 Å². The Morgan fingerprint density at radius 1 is 1.32 bits per heavy atom. The molecule has 0 fully saturated rings. The van der Waals surface area contributed by atoms with E-state index in [9.17, 15) is 9.59 Å². The molecule has 2 rings (SSSR count). The topological polar surface area (TPSA) is 121 Å². The van der Waals surface area contributed by atoms with Crippen molar-refractivity contribution in [2.75, 3.05) is 32.6 Å². The van der Waals surface area contributed by atoms with E-state index in [-0.39, 0.29) is 5.84 Å². The average Bonchev–Trinajstić information content (AvgIpc) is 2.83. The number of benzene rings is 1. The molecule has 0 saturated carbocycles. The number of ether oxygens (including phenoxy) is 1. The molecule has 1 heterocycles. The number of rotatable bonds is 7. The third-order valence-electron chi connectivity index (χ3n) is 3.58. The Bertz CT molecular complexity index is 864. The molecule has 0 bridgehead atoms. The zero-order valence-corrected chi connectivity index (χ0v) is 16.1. The van der Waals surface area contributed by atoms with E-state index >= 15 is 0 Å². The van der Waals surface area contributed by atoms with Gasteiger partial charge in [-0.15, -0.1) is 0 Å². The van der Waals surface area contributed by atoms with Crippen LogP contribution < -0.4 is 26.4 Å². The summed E-state index contributed by atoms with van der Waals surface area (Å²) in [6.45, 7) is 3.07. The Labute approximate surface area is 164 Å². The van der Waals surface area contributed by atoms with Crippen LogP contribution in [0.25, 0.3) is 0 Å². The number of amidine groups is 1. The fourth-order valence-corrected chi connectivity index (χ4v) is 2.20. The maximum absolute atomic E-state index is 12.3. The van der Waals surface area contributed by atoms with Gasteiger partial charge in [0.1, 0.15) is 5.75 Å². The highest BCUT2D eigenvalue weighted by atomic mass is 16.5. The molecule has 5 N–H and O–H groups in total. The predicted octanol–water partition coefficient (Wildman–Crippen LogP) is 1.06. The highest BCUT2D eigenvalue weighted by Gasteiger charge is 2.12. The van der Waals surface area contributed by atoms with Crippen molar-refractivity contribution in [3.05, 3.63) is 35.7 Å².